The van der Waals surface area contributed by atoms with Crippen LogP contribution in [0.4, 0.5) is 4.39 Å². The van der Waals surface area contributed by atoms with Gasteiger partial charge < -0.3 is 19.7 Å². The molecule has 0 spiro atoms. The molecule has 0 aliphatic carbocycles. The maximum Gasteiger partial charge on any atom is 0.343 e. The largest absolute Gasteiger partial charge is 0.504 e. The molecule has 4 rings (SSSR count). The third-order valence-corrected chi connectivity index (χ3v) is 6.89. The standard InChI is InChI=1S/C35H31FO8/c1-2-3-4-5-12-21-43-35(42)26-27(29(37)22-13-8-6-9-14-22)31(39)32(40)33(44-34(41)24-15-10-7-11-16-24)28(26)30(38)23-17-19-25(36)20-18-23/h6-11,13-20,39-40H,2-5,12,21H2,1H3. The van der Waals surface area contributed by atoms with Crippen molar-refractivity contribution < 1.29 is 43.3 Å². The summed E-state index contributed by atoms with van der Waals surface area (Å²) < 4.78 is 24.7. The number of aromatic hydroxyl groups is 2. The van der Waals surface area contributed by atoms with Crippen molar-refractivity contribution in [2.24, 2.45) is 0 Å². The topological polar surface area (TPSA) is 127 Å². The normalized spacial score (nSPS) is 10.7. The predicted molar refractivity (Wildman–Crippen MR) is 160 cm³/mol. The number of halogens is 1. The lowest BCUT2D eigenvalue weighted by Crippen LogP contribution is -2.22. The van der Waals surface area contributed by atoms with Gasteiger partial charge in [0, 0.05) is 11.1 Å². The van der Waals surface area contributed by atoms with Crippen LogP contribution in [0.15, 0.2) is 84.9 Å². The highest BCUT2D eigenvalue weighted by molar-refractivity contribution is 6.24. The molecule has 0 heterocycles. The Bertz CT molecular complexity index is 1650. The molecule has 0 aromatic heterocycles. The zero-order valence-electron chi connectivity index (χ0n) is 24.0. The fourth-order valence-electron chi connectivity index (χ4n) is 4.59. The lowest BCUT2D eigenvalue weighted by Gasteiger charge is -2.20. The van der Waals surface area contributed by atoms with E-state index in [1.807, 2.05) is 0 Å². The van der Waals surface area contributed by atoms with Crippen LogP contribution in [0.3, 0.4) is 0 Å². The van der Waals surface area contributed by atoms with Gasteiger partial charge in [-0.05, 0) is 42.8 Å². The second-order valence-corrected chi connectivity index (χ2v) is 9.99. The Morgan fingerprint density at radius 3 is 1.77 bits per heavy atom. The Morgan fingerprint density at radius 2 is 1.16 bits per heavy atom. The maximum atomic E-state index is 14.0. The van der Waals surface area contributed by atoms with Crippen LogP contribution in [-0.4, -0.2) is 40.3 Å². The third-order valence-electron chi connectivity index (χ3n) is 6.89. The Labute approximate surface area is 253 Å². The number of rotatable bonds is 13. The molecule has 0 bridgehead atoms. The van der Waals surface area contributed by atoms with Gasteiger partial charge in [-0.1, -0.05) is 81.1 Å². The molecule has 4 aromatic carbocycles. The van der Waals surface area contributed by atoms with Gasteiger partial charge in [0.2, 0.25) is 5.75 Å². The minimum absolute atomic E-state index is 0.0324. The summed E-state index contributed by atoms with van der Waals surface area (Å²) in [7, 11) is 0. The molecule has 8 nitrogen and oxygen atoms in total. The minimum Gasteiger partial charge on any atom is -0.504 e. The quantitative estimate of drug-likeness (QED) is 0.0551. The van der Waals surface area contributed by atoms with Gasteiger partial charge in [0.15, 0.2) is 23.1 Å². The molecule has 0 saturated heterocycles. The van der Waals surface area contributed by atoms with E-state index in [0.717, 1.165) is 49.9 Å². The number of hydrogen-bond donors (Lipinski definition) is 2. The van der Waals surface area contributed by atoms with Gasteiger partial charge in [0.05, 0.1) is 28.9 Å². The van der Waals surface area contributed by atoms with E-state index in [2.05, 4.69) is 6.92 Å². The van der Waals surface area contributed by atoms with Gasteiger partial charge in [0.1, 0.15) is 5.82 Å². The molecule has 0 atom stereocenters. The van der Waals surface area contributed by atoms with Gasteiger partial charge in [-0.15, -0.1) is 0 Å². The van der Waals surface area contributed by atoms with Crippen molar-refractivity contribution in [1.82, 2.24) is 0 Å². The number of ether oxygens (including phenoxy) is 2. The number of hydrogen-bond acceptors (Lipinski definition) is 8. The van der Waals surface area contributed by atoms with Gasteiger partial charge >= 0.3 is 11.9 Å². The molecular weight excluding hydrogens is 567 g/mol. The van der Waals surface area contributed by atoms with Crippen LogP contribution in [0.2, 0.25) is 0 Å². The zero-order chi connectivity index (χ0) is 31.6. The van der Waals surface area contributed by atoms with Crippen molar-refractivity contribution in [2.75, 3.05) is 6.61 Å². The van der Waals surface area contributed by atoms with Crippen LogP contribution in [0.1, 0.15) is 91.6 Å². The fraction of sp³-hybridized carbons (Fsp3) is 0.200. The Balaban J connectivity index is 1.94. The number of benzene rings is 4. The number of unbranched alkanes of at least 4 members (excludes halogenated alkanes) is 4. The summed E-state index contributed by atoms with van der Waals surface area (Å²) in [6.07, 6.45) is 4.19. The molecule has 0 unspecified atom stereocenters. The Kier molecular flexibility index (Phi) is 10.6. The highest BCUT2D eigenvalue weighted by Gasteiger charge is 2.37. The molecule has 226 valence electrons. The SMILES string of the molecule is CCCCCCCOC(=O)c1c(C(=O)c2ccccc2)c(O)c(O)c(OC(=O)c2ccccc2)c1C(=O)c1ccc(F)cc1. The average Bonchev–Trinajstić information content (AvgIpc) is 3.05. The van der Waals surface area contributed by atoms with Crippen LogP contribution >= 0.6 is 0 Å². The van der Waals surface area contributed by atoms with E-state index in [9.17, 15) is 33.8 Å². The van der Waals surface area contributed by atoms with Crippen LogP contribution in [-0.2, 0) is 4.74 Å². The lowest BCUT2D eigenvalue weighted by atomic mass is 9.88. The zero-order valence-corrected chi connectivity index (χ0v) is 24.0. The Hall–Kier alpha value is -5.31. The summed E-state index contributed by atoms with van der Waals surface area (Å²) in [4.78, 5) is 54.6. The van der Waals surface area contributed by atoms with Gasteiger partial charge in [-0.25, -0.2) is 14.0 Å². The summed E-state index contributed by atoms with van der Waals surface area (Å²) in [5.41, 5.74) is -2.20. The number of carbonyl (C=O) groups is 4. The minimum atomic E-state index is -1.16. The number of carbonyl (C=O) groups excluding carboxylic acids is 4. The van der Waals surface area contributed by atoms with E-state index >= 15 is 0 Å². The van der Waals surface area contributed by atoms with Crippen molar-refractivity contribution in [1.29, 1.82) is 0 Å². The first-order valence-corrected chi connectivity index (χ1v) is 14.2. The van der Waals surface area contributed by atoms with Crippen LogP contribution in [0.5, 0.6) is 17.2 Å². The first kappa shape index (κ1) is 31.6. The van der Waals surface area contributed by atoms with Crippen molar-refractivity contribution in [3.05, 3.63) is 124 Å². The van der Waals surface area contributed by atoms with Crippen molar-refractivity contribution in [2.45, 2.75) is 39.0 Å². The fourth-order valence-corrected chi connectivity index (χ4v) is 4.59. The summed E-state index contributed by atoms with van der Waals surface area (Å²) in [6.45, 7) is 2.00. The maximum absolute atomic E-state index is 14.0. The number of ketones is 2. The Morgan fingerprint density at radius 1 is 0.614 bits per heavy atom. The molecule has 0 amide bonds. The first-order valence-electron chi connectivity index (χ1n) is 14.2. The van der Waals surface area contributed by atoms with Gasteiger partial charge in [-0.2, -0.15) is 0 Å². The molecular formula is C35H31FO8. The highest BCUT2D eigenvalue weighted by Crippen LogP contribution is 2.46. The van der Waals surface area contributed by atoms with E-state index < -0.39 is 63.3 Å². The molecule has 9 heteroatoms. The van der Waals surface area contributed by atoms with Crippen LogP contribution in [0.25, 0.3) is 0 Å². The second kappa shape index (κ2) is 14.7. The van der Waals surface area contributed by atoms with Gasteiger partial charge in [0.25, 0.3) is 0 Å². The van der Waals surface area contributed by atoms with Crippen molar-refractivity contribution in [3.63, 3.8) is 0 Å². The van der Waals surface area contributed by atoms with Crippen LogP contribution < -0.4 is 4.74 Å². The van der Waals surface area contributed by atoms with E-state index in [1.54, 1.807) is 36.4 Å². The van der Waals surface area contributed by atoms with Gasteiger partial charge in [-0.3, -0.25) is 9.59 Å². The molecule has 44 heavy (non-hydrogen) atoms. The monoisotopic (exact) mass is 598 g/mol. The van der Waals surface area contributed by atoms with E-state index in [-0.39, 0.29) is 23.3 Å². The summed E-state index contributed by atoms with van der Waals surface area (Å²) in [6, 6.07) is 19.5. The first-order chi connectivity index (χ1) is 21.2. The third kappa shape index (κ3) is 7.18. The lowest BCUT2D eigenvalue weighted by molar-refractivity contribution is 0.0489. The number of esters is 2. The summed E-state index contributed by atoms with van der Waals surface area (Å²) in [5.74, 6) is -7.77. The van der Waals surface area contributed by atoms with Crippen molar-refractivity contribution in [3.8, 4) is 17.2 Å². The smallest absolute Gasteiger partial charge is 0.343 e. The molecule has 2 N–H and O–H groups in total. The molecule has 0 radical (unpaired) electrons. The molecule has 0 aliphatic rings. The van der Waals surface area contributed by atoms with E-state index in [0.29, 0.717) is 6.42 Å². The second-order valence-electron chi connectivity index (χ2n) is 9.99. The average molecular weight is 599 g/mol. The van der Waals surface area contributed by atoms with E-state index in [4.69, 9.17) is 9.47 Å². The van der Waals surface area contributed by atoms with E-state index in [1.165, 1.54) is 24.3 Å². The molecule has 0 fully saturated rings. The highest BCUT2D eigenvalue weighted by atomic mass is 19.1. The summed E-state index contributed by atoms with van der Waals surface area (Å²) in [5, 5.41) is 22.3. The predicted octanol–water partition coefficient (Wildman–Crippen LogP) is 7.05. The number of phenols is 2. The molecule has 0 aliphatic heterocycles. The van der Waals surface area contributed by atoms with Crippen LogP contribution in [0, 0.1) is 5.82 Å². The molecule has 4 aromatic rings. The summed E-state index contributed by atoms with van der Waals surface area (Å²) >= 11 is 0. The van der Waals surface area contributed by atoms with Crippen molar-refractivity contribution >= 4 is 23.5 Å². The number of phenolic OH excluding ortho intramolecular Hbond substituents is 2. The molecule has 0 saturated carbocycles.